The third-order valence-electron chi connectivity index (χ3n) is 4.28. The van der Waals surface area contributed by atoms with E-state index in [4.69, 9.17) is 16.3 Å². The number of rotatable bonds is 8. The molecule has 0 atom stereocenters. The van der Waals surface area contributed by atoms with Crippen LogP contribution in [0.1, 0.15) is 11.3 Å². The fraction of sp³-hybridized carbons (Fsp3) is 0.182. The van der Waals surface area contributed by atoms with E-state index < -0.39 is 0 Å². The van der Waals surface area contributed by atoms with E-state index in [1.165, 1.54) is 13.2 Å². The fourth-order valence-corrected chi connectivity index (χ4v) is 3.85. The van der Waals surface area contributed by atoms with Crippen LogP contribution >= 0.6 is 23.4 Å². The molecule has 3 rings (SSSR count). The van der Waals surface area contributed by atoms with Gasteiger partial charge in [-0.15, -0.1) is 11.8 Å². The second-order valence-corrected chi connectivity index (χ2v) is 7.75. The number of benzene rings is 2. The van der Waals surface area contributed by atoms with Crippen molar-refractivity contribution in [3.8, 4) is 5.75 Å². The van der Waals surface area contributed by atoms with Crippen LogP contribution < -0.4 is 15.5 Å². The zero-order valence-corrected chi connectivity index (χ0v) is 17.5. The predicted octanol–water partition coefficient (Wildman–Crippen LogP) is 4.12. The zero-order chi connectivity index (χ0) is 20.6. The molecule has 0 saturated carbocycles. The lowest BCUT2D eigenvalue weighted by molar-refractivity contribution is -0.121. The molecule has 1 heterocycles. The molecule has 0 unspecified atom stereocenters. The molecule has 7 heteroatoms. The summed E-state index contributed by atoms with van der Waals surface area (Å²) in [4.78, 5) is 25.8. The summed E-state index contributed by atoms with van der Waals surface area (Å²) in [6.45, 7) is 0.412. The Bertz CT molecular complexity index is 1040. The Kier molecular flexibility index (Phi) is 7.38. The number of pyridine rings is 1. The van der Waals surface area contributed by atoms with Crippen molar-refractivity contribution >= 4 is 29.3 Å². The summed E-state index contributed by atoms with van der Waals surface area (Å²) in [6, 6.07) is 18.8. The van der Waals surface area contributed by atoms with Crippen LogP contribution in [-0.4, -0.2) is 17.6 Å². The summed E-state index contributed by atoms with van der Waals surface area (Å²) in [6.07, 6.45) is 1.58. The van der Waals surface area contributed by atoms with E-state index in [2.05, 4.69) is 5.32 Å². The van der Waals surface area contributed by atoms with Crippen LogP contribution in [0.15, 0.2) is 76.6 Å². The number of aromatic nitrogens is 1. The van der Waals surface area contributed by atoms with Crippen molar-refractivity contribution in [3.05, 3.63) is 93.4 Å². The zero-order valence-electron chi connectivity index (χ0n) is 15.9. The molecule has 1 aromatic heterocycles. The van der Waals surface area contributed by atoms with E-state index in [1.54, 1.807) is 28.6 Å². The minimum Gasteiger partial charge on any atom is -0.491 e. The molecular formula is C22H21ClN2O3S. The summed E-state index contributed by atoms with van der Waals surface area (Å²) in [5, 5.41) is 3.48. The first-order chi connectivity index (χ1) is 14.1. The number of nitrogens with zero attached hydrogens (tertiary/aromatic N) is 1. The molecule has 0 aliphatic rings. The van der Waals surface area contributed by atoms with Gasteiger partial charge in [0.2, 0.25) is 11.3 Å². The summed E-state index contributed by atoms with van der Waals surface area (Å²) in [5.74, 6) is 0.583. The summed E-state index contributed by atoms with van der Waals surface area (Å²) in [7, 11) is 1.44. The van der Waals surface area contributed by atoms with Gasteiger partial charge in [-0.05, 0) is 23.8 Å². The Labute approximate surface area is 178 Å². The number of carbonyl (C=O) groups is 1. The SMILES string of the molecule is COc1cn(CC(=O)NCc2ccccc2Cl)c(CSc2ccccc2)cc1=O. The molecule has 1 N–H and O–H groups in total. The van der Waals surface area contributed by atoms with Crippen LogP contribution in [0, 0.1) is 0 Å². The topological polar surface area (TPSA) is 60.3 Å². The molecule has 0 saturated heterocycles. The quantitative estimate of drug-likeness (QED) is 0.548. The van der Waals surface area contributed by atoms with Crippen molar-refractivity contribution in [3.63, 3.8) is 0 Å². The van der Waals surface area contributed by atoms with Gasteiger partial charge in [-0.3, -0.25) is 9.59 Å². The first-order valence-corrected chi connectivity index (χ1v) is 10.4. The van der Waals surface area contributed by atoms with E-state index >= 15 is 0 Å². The van der Waals surface area contributed by atoms with Crippen molar-refractivity contribution < 1.29 is 9.53 Å². The Hall–Kier alpha value is -2.70. The molecule has 29 heavy (non-hydrogen) atoms. The lowest BCUT2D eigenvalue weighted by Crippen LogP contribution is -2.29. The molecule has 0 spiro atoms. The van der Waals surface area contributed by atoms with Gasteiger partial charge in [-0.25, -0.2) is 0 Å². The molecular weight excluding hydrogens is 408 g/mol. The van der Waals surface area contributed by atoms with Gasteiger partial charge in [-0.2, -0.15) is 0 Å². The van der Waals surface area contributed by atoms with Gasteiger partial charge in [0.1, 0.15) is 6.54 Å². The van der Waals surface area contributed by atoms with Gasteiger partial charge in [0, 0.05) is 34.0 Å². The molecule has 5 nitrogen and oxygen atoms in total. The predicted molar refractivity (Wildman–Crippen MR) is 117 cm³/mol. The number of ether oxygens (including phenoxy) is 1. The average Bonchev–Trinajstić information content (AvgIpc) is 2.73. The number of methoxy groups -OCH3 is 1. The van der Waals surface area contributed by atoms with E-state index in [9.17, 15) is 9.59 Å². The van der Waals surface area contributed by atoms with E-state index in [-0.39, 0.29) is 23.6 Å². The Morgan fingerprint density at radius 3 is 2.59 bits per heavy atom. The number of amides is 1. The Balaban J connectivity index is 1.72. The molecule has 1 amide bonds. The number of nitrogens with one attached hydrogen (secondary N) is 1. The van der Waals surface area contributed by atoms with E-state index in [1.807, 2.05) is 48.5 Å². The minimum absolute atomic E-state index is 0.0752. The minimum atomic E-state index is -0.205. The number of hydrogen-bond acceptors (Lipinski definition) is 4. The molecule has 2 aromatic carbocycles. The van der Waals surface area contributed by atoms with Crippen LogP contribution in [0.25, 0.3) is 0 Å². The second kappa shape index (κ2) is 10.2. The van der Waals surface area contributed by atoms with Gasteiger partial charge in [-0.1, -0.05) is 48.0 Å². The van der Waals surface area contributed by atoms with Crippen molar-refractivity contribution in [2.45, 2.75) is 23.7 Å². The number of carbonyl (C=O) groups excluding carboxylic acids is 1. The highest BCUT2D eigenvalue weighted by Crippen LogP contribution is 2.22. The van der Waals surface area contributed by atoms with Gasteiger partial charge in [0.15, 0.2) is 5.75 Å². The van der Waals surface area contributed by atoms with Gasteiger partial charge in [0.05, 0.1) is 13.3 Å². The highest BCUT2D eigenvalue weighted by Gasteiger charge is 2.11. The molecule has 150 valence electrons. The first-order valence-electron chi connectivity index (χ1n) is 9.02. The maximum atomic E-state index is 12.5. The molecule has 0 fully saturated rings. The third-order valence-corrected chi connectivity index (χ3v) is 5.69. The summed E-state index contributed by atoms with van der Waals surface area (Å²) < 4.78 is 6.89. The van der Waals surface area contributed by atoms with Crippen LogP contribution in [0.4, 0.5) is 0 Å². The largest absolute Gasteiger partial charge is 0.491 e. The Morgan fingerprint density at radius 1 is 1.14 bits per heavy atom. The van der Waals surface area contributed by atoms with E-state index in [0.29, 0.717) is 17.3 Å². The molecule has 0 aliphatic heterocycles. The van der Waals surface area contributed by atoms with E-state index in [0.717, 1.165) is 16.2 Å². The van der Waals surface area contributed by atoms with Crippen LogP contribution in [-0.2, 0) is 23.6 Å². The second-order valence-electron chi connectivity index (χ2n) is 6.30. The number of thioether (sulfide) groups is 1. The molecule has 0 radical (unpaired) electrons. The average molecular weight is 429 g/mol. The Morgan fingerprint density at radius 2 is 1.86 bits per heavy atom. The number of hydrogen-bond donors (Lipinski definition) is 1. The maximum Gasteiger partial charge on any atom is 0.240 e. The fourth-order valence-electron chi connectivity index (χ4n) is 2.74. The normalized spacial score (nSPS) is 10.6. The lowest BCUT2D eigenvalue weighted by atomic mass is 10.2. The first kappa shape index (κ1) is 21.0. The lowest BCUT2D eigenvalue weighted by Gasteiger charge is -2.15. The van der Waals surface area contributed by atoms with Crippen molar-refractivity contribution in [1.29, 1.82) is 0 Å². The third kappa shape index (κ3) is 5.89. The van der Waals surface area contributed by atoms with Crippen molar-refractivity contribution in [2.24, 2.45) is 0 Å². The van der Waals surface area contributed by atoms with Crippen molar-refractivity contribution in [1.82, 2.24) is 9.88 Å². The standard InChI is InChI=1S/C22H21ClN2O3S/c1-28-21-13-25(14-22(27)24-12-16-7-5-6-10-19(16)23)17(11-20(21)26)15-29-18-8-3-2-4-9-18/h2-11,13H,12,14-15H2,1H3,(H,24,27). The van der Waals surface area contributed by atoms with Crippen LogP contribution in [0.3, 0.4) is 0 Å². The molecule has 0 bridgehead atoms. The van der Waals surface area contributed by atoms with Crippen LogP contribution in [0.5, 0.6) is 5.75 Å². The van der Waals surface area contributed by atoms with Gasteiger partial charge >= 0.3 is 0 Å². The van der Waals surface area contributed by atoms with Gasteiger partial charge < -0.3 is 14.6 Å². The smallest absolute Gasteiger partial charge is 0.240 e. The molecule has 0 aliphatic carbocycles. The number of halogens is 1. The summed E-state index contributed by atoms with van der Waals surface area (Å²) >= 11 is 7.74. The highest BCUT2D eigenvalue weighted by atomic mass is 35.5. The monoisotopic (exact) mass is 428 g/mol. The van der Waals surface area contributed by atoms with Gasteiger partial charge in [0.25, 0.3) is 0 Å². The maximum absolute atomic E-state index is 12.5. The van der Waals surface area contributed by atoms with Crippen molar-refractivity contribution in [2.75, 3.05) is 7.11 Å². The van der Waals surface area contributed by atoms with Crippen LogP contribution in [0.2, 0.25) is 5.02 Å². The highest BCUT2D eigenvalue weighted by molar-refractivity contribution is 7.98. The summed E-state index contributed by atoms with van der Waals surface area (Å²) in [5.41, 5.74) is 1.39. The molecule has 3 aromatic rings.